The molecule has 0 amide bonds. The van der Waals surface area contributed by atoms with Crippen LogP contribution >= 0.6 is 0 Å². The fourth-order valence-corrected chi connectivity index (χ4v) is 0.870. The summed E-state index contributed by atoms with van der Waals surface area (Å²) in [5.74, 6) is -0.338. The normalized spacial score (nSPS) is 9.31. The monoisotopic (exact) mass is 178 g/mol. The molecule has 0 saturated carbocycles. The van der Waals surface area contributed by atoms with Gasteiger partial charge in [0.05, 0.1) is 18.2 Å². The molecule has 0 fully saturated rings. The third-order valence-electron chi connectivity index (χ3n) is 1.46. The molecule has 3 heteroatoms. The van der Waals surface area contributed by atoms with Gasteiger partial charge in [-0.15, -0.1) is 0 Å². The van der Waals surface area contributed by atoms with Crippen molar-refractivity contribution in [1.82, 2.24) is 0 Å². The fourth-order valence-electron chi connectivity index (χ4n) is 0.870. The Morgan fingerprint density at radius 2 is 2.31 bits per heavy atom. The molecular weight excluding hydrogens is 169 g/mol. The zero-order chi connectivity index (χ0) is 9.68. The van der Waals surface area contributed by atoms with Crippen molar-refractivity contribution in [2.24, 2.45) is 0 Å². The Bertz CT molecular complexity index is 330. The summed E-state index contributed by atoms with van der Waals surface area (Å²) in [7, 11) is 0. The fraction of sp³-hybridized carbons (Fsp3) is 0.200. The lowest BCUT2D eigenvalue weighted by Gasteiger charge is -2.04. The van der Waals surface area contributed by atoms with Crippen LogP contribution in [0.5, 0.6) is 5.75 Å². The zero-order valence-corrected chi connectivity index (χ0v) is 7.09. The minimum absolute atomic E-state index is 0.169. The minimum Gasteiger partial charge on any atom is -0.491 e. The smallest absolute Gasteiger partial charge is 0.166 e. The van der Waals surface area contributed by atoms with Crippen LogP contribution < -0.4 is 4.74 Å². The molecule has 0 N–H and O–H groups in total. The van der Waals surface area contributed by atoms with Crippen LogP contribution in [0.1, 0.15) is 12.0 Å². The van der Waals surface area contributed by atoms with E-state index in [9.17, 15) is 4.39 Å². The highest BCUT2D eigenvalue weighted by Crippen LogP contribution is 2.17. The van der Waals surface area contributed by atoms with Crippen LogP contribution in [-0.2, 0) is 0 Å². The van der Waals surface area contributed by atoms with Crippen LogP contribution in [0.4, 0.5) is 4.39 Å². The summed E-state index contributed by atoms with van der Waals surface area (Å²) in [6.07, 6.45) is 0.583. The number of ether oxygens (including phenoxy) is 1. The van der Waals surface area contributed by atoms with Crippen molar-refractivity contribution < 1.29 is 9.13 Å². The number of rotatable bonds is 3. The SMILES string of the molecule is [CH2]CCOc1ccc(C#N)cc1F. The minimum atomic E-state index is -0.507. The van der Waals surface area contributed by atoms with E-state index in [2.05, 4.69) is 6.92 Å². The van der Waals surface area contributed by atoms with Crippen LogP contribution in [0.3, 0.4) is 0 Å². The Labute approximate surface area is 76.6 Å². The van der Waals surface area contributed by atoms with Gasteiger partial charge in [0, 0.05) is 0 Å². The van der Waals surface area contributed by atoms with E-state index in [-0.39, 0.29) is 5.75 Å². The Morgan fingerprint density at radius 1 is 1.54 bits per heavy atom. The summed E-state index contributed by atoms with van der Waals surface area (Å²) in [5.41, 5.74) is 0.291. The zero-order valence-electron chi connectivity index (χ0n) is 7.09. The molecule has 1 aromatic carbocycles. The van der Waals surface area contributed by atoms with Gasteiger partial charge in [0.25, 0.3) is 0 Å². The first-order valence-electron chi connectivity index (χ1n) is 3.89. The van der Waals surface area contributed by atoms with Gasteiger partial charge in [-0.2, -0.15) is 5.26 Å². The predicted octanol–water partition coefficient (Wildman–Crippen LogP) is 2.30. The molecule has 2 nitrogen and oxygen atoms in total. The number of nitriles is 1. The maximum atomic E-state index is 13.1. The van der Waals surface area contributed by atoms with Crippen molar-refractivity contribution in [2.45, 2.75) is 6.42 Å². The summed E-state index contributed by atoms with van der Waals surface area (Å²) in [6.45, 7) is 3.94. The third kappa shape index (κ3) is 2.45. The number of nitrogens with zero attached hydrogens (tertiary/aromatic N) is 1. The Kier molecular flexibility index (Phi) is 3.27. The summed E-state index contributed by atoms with van der Waals surface area (Å²) >= 11 is 0. The molecule has 0 aliphatic heterocycles. The first-order valence-corrected chi connectivity index (χ1v) is 3.89. The van der Waals surface area contributed by atoms with E-state index in [4.69, 9.17) is 10.00 Å². The number of halogens is 1. The van der Waals surface area contributed by atoms with Gasteiger partial charge in [-0.1, -0.05) is 0 Å². The topological polar surface area (TPSA) is 33.0 Å². The largest absolute Gasteiger partial charge is 0.491 e. The van der Waals surface area contributed by atoms with Crippen LogP contribution in [0.2, 0.25) is 0 Å². The van der Waals surface area contributed by atoms with Crippen molar-refractivity contribution in [2.75, 3.05) is 6.61 Å². The molecule has 0 aliphatic carbocycles. The summed E-state index contributed by atoms with van der Waals surface area (Å²) in [4.78, 5) is 0. The van der Waals surface area contributed by atoms with Crippen molar-refractivity contribution >= 4 is 0 Å². The standard InChI is InChI=1S/C10H9FNO/c1-2-5-13-10-4-3-8(7-12)6-9(10)11/h3-4,6H,1-2,5H2. The molecule has 0 atom stereocenters. The molecule has 0 spiro atoms. The van der Waals surface area contributed by atoms with E-state index in [0.29, 0.717) is 18.6 Å². The highest BCUT2D eigenvalue weighted by molar-refractivity contribution is 5.35. The highest BCUT2D eigenvalue weighted by atomic mass is 19.1. The van der Waals surface area contributed by atoms with Crippen LogP contribution in [-0.4, -0.2) is 6.61 Å². The van der Waals surface area contributed by atoms with E-state index < -0.39 is 5.82 Å². The lowest BCUT2D eigenvalue weighted by molar-refractivity contribution is 0.307. The van der Waals surface area contributed by atoms with Crippen molar-refractivity contribution in [3.63, 3.8) is 0 Å². The first kappa shape index (κ1) is 9.53. The van der Waals surface area contributed by atoms with Gasteiger partial charge >= 0.3 is 0 Å². The van der Waals surface area contributed by atoms with Gasteiger partial charge in [0.1, 0.15) is 0 Å². The molecule has 1 radical (unpaired) electrons. The molecule has 13 heavy (non-hydrogen) atoms. The van der Waals surface area contributed by atoms with Gasteiger partial charge in [-0.25, -0.2) is 4.39 Å². The van der Waals surface area contributed by atoms with Gasteiger partial charge in [0.15, 0.2) is 11.6 Å². The van der Waals surface area contributed by atoms with Gasteiger partial charge < -0.3 is 4.74 Å². The van der Waals surface area contributed by atoms with E-state index in [0.717, 1.165) is 6.07 Å². The summed E-state index contributed by atoms with van der Waals surface area (Å²) < 4.78 is 18.1. The lowest BCUT2D eigenvalue weighted by atomic mass is 10.2. The summed E-state index contributed by atoms with van der Waals surface area (Å²) in [5, 5.41) is 8.46. The van der Waals surface area contributed by atoms with Crippen molar-refractivity contribution in [3.05, 3.63) is 36.5 Å². The molecule has 0 saturated heterocycles. The summed E-state index contributed by atoms with van der Waals surface area (Å²) in [6, 6.07) is 5.96. The lowest BCUT2D eigenvalue weighted by Crippen LogP contribution is -1.97. The Hall–Kier alpha value is -1.56. The average molecular weight is 178 g/mol. The third-order valence-corrected chi connectivity index (χ3v) is 1.46. The second-order valence-corrected chi connectivity index (χ2v) is 2.46. The second-order valence-electron chi connectivity index (χ2n) is 2.46. The van der Waals surface area contributed by atoms with E-state index in [1.54, 1.807) is 0 Å². The van der Waals surface area contributed by atoms with Crippen LogP contribution in [0.15, 0.2) is 18.2 Å². The highest BCUT2D eigenvalue weighted by Gasteiger charge is 2.03. The molecule has 1 rings (SSSR count). The number of hydrogen-bond donors (Lipinski definition) is 0. The predicted molar refractivity (Wildman–Crippen MR) is 46.6 cm³/mol. The Morgan fingerprint density at radius 3 is 2.85 bits per heavy atom. The van der Waals surface area contributed by atoms with E-state index in [1.165, 1.54) is 12.1 Å². The van der Waals surface area contributed by atoms with E-state index in [1.807, 2.05) is 6.07 Å². The quantitative estimate of drug-likeness (QED) is 0.711. The Balaban J connectivity index is 2.81. The van der Waals surface area contributed by atoms with Crippen molar-refractivity contribution in [1.29, 1.82) is 5.26 Å². The maximum Gasteiger partial charge on any atom is 0.166 e. The van der Waals surface area contributed by atoms with Crippen LogP contribution in [0.25, 0.3) is 0 Å². The molecular formula is C10H9FNO. The van der Waals surface area contributed by atoms with Crippen LogP contribution in [0, 0.1) is 24.1 Å². The molecule has 1 aromatic rings. The van der Waals surface area contributed by atoms with Gasteiger partial charge in [-0.05, 0) is 31.5 Å². The number of benzene rings is 1. The molecule has 0 heterocycles. The average Bonchev–Trinajstić information content (AvgIpc) is 2.16. The molecule has 0 unspecified atom stereocenters. The number of hydrogen-bond acceptors (Lipinski definition) is 2. The van der Waals surface area contributed by atoms with E-state index >= 15 is 0 Å². The second kappa shape index (κ2) is 4.46. The van der Waals surface area contributed by atoms with Gasteiger partial charge in [0.2, 0.25) is 0 Å². The molecule has 0 aliphatic rings. The van der Waals surface area contributed by atoms with Gasteiger partial charge in [-0.3, -0.25) is 0 Å². The van der Waals surface area contributed by atoms with Crippen molar-refractivity contribution in [3.8, 4) is 11.8 Å². The first-order chi connectivity index (χ1) is 6.27. The molecule has 67 valence electrons. The molecule has 0 bridgehead atoms. The molecule has 0 aromatic heterocycles. The maximum absolute atomic E-state index is 13.1.